The Labute approximate surface area is 125 Å². The second kappa shape index (κ2) is 6.57. The van der Waals surface area contributed by atoms with Crippen LogP contribution in [0.3, 0.4) is 0 Å². The molecule has 0 atom stereocenters. The van der Waals surface area contributed by atoms with Crippen LogP contribution >= 0.6 is 0 Å². The van der Waals surface area contributed by atoms with Gasteiger partial charge in [0.25, 0.3) is 5.91 Å². The maximum absolute atomic E-state index is 12.8. The van der Waals surface area contributed by atoms with Crippen molar-refractivity contribution < 1.29 is 9.59 Å². The Bertz CT molecular complexity index is 652. The molecule has 2 aromatic rings. The number of amides is 1. The van der Waals surface area contributed by atoms with Crippen molar-refractivity contribution in [3.63, 3.8) is 0 Å². The van der Waals surface area contributed by atoms with E-state index in [4.69, 9.17) is 0 Å². The first-order valence-electron chi connectivity index (χ1n) is 7.50. The molecule has 0 saturated carbocycles. The van der Waals surface area contributed by atoms with Gasteiger partial charge in [0, 0.05) is 31.6 Å². The molecule has 112 valence electrons. The third kappa shape index (κ3) is 2.99. The smallest absolute Gasteiger partial charge is 0.256 e. The van der Waals surface area contributed by atoms with Gasteiger partial charge < -0.3 is 4.90 Å². The van der Waals surface area contributed by atoms with Gasteiger partial charge in [-0.05, 0) is 18.9 Å². The predicted octanol–water partition coefficient (Wildman–Crippen LogP) is 3.56. The van der Waals surface area contributed by atoms with E-state index in [1.807, 2.05) is 29.2 Å². The molecule has 0 aliphatic rings. The number of aromatic nitrogens is 1. The van der Waals surface area contributed by atoms with Crippen LogP contribution in [0.5, 0.6) is 0 Å². The zero-order chi connectivity index (χ0) is 15.4. The minimum atomic E-state index is -0.0808. The molecule has 0 spiro atoms. The SMILES string of the molecule is CCCN(CCC)C(=O)c1cn(C(C)=O)c2ccccc12. The summed E-state index contributed by atoms with van der Waals surface area (Å²) in [5.74, 6) is -0.0716. The standard InChI is InChI=1S/C17H22N2O2/c1-4-10-18(11-5-2)17(21)15-12-19(13(3)20)16-9-7-6-8-14(15)16/h6-9,12H,4-5,10-11H2,1-3H3. The summed E-state index contributed by atoms with van der Waals surface area (Å²) in [5.41, 5.74) is 1.41. The van der Waals surface area contributed by atoms with Gasteiger partial charge in [0.2, 0.25) is 5.91 Å². The summed E-state index contributed by atoms with van der Waals surface area (Å²) in [6.45, 7) is 7.12. The topological polar surface area (TPSA) is 42.3 Å². The van der Waals surface area contributed by atoms with Crippen LogP contribution in [0.25, 0.3) is 10.9 Å². The maximum Gasteiger partial charge on any atom is 0.256 e. The fourth-order valence-corrected chi connectivity index (χ4v) is 2.64. The van der Waals surface area contributed by atoms with Crippen molar-refractivity contribution in [1.82, 2.24) is 9.47 Å². The van der Waals surface area contributed by atoms with Crippen molar-refractivity contribution in [1.29, 1.82) is 0 Å². The number of hydrogen-bond acceptors (Lipinski definition) is 2. The zero-order valence-electron chi connectivity index (χ0n) is 12.9. The Balaban J connectivity index is 2.50. The van der Waals surface area contributed by atoms with Crippen molar-refractivity contribution in [3.05, 3.63) is 36.0 Å². The molecule has 0 N–H and O–H groups in total. The van der Waals surface area contributed by atoms with Crippen LogP contribution in [0.2, 0.25) is 0 Å². The van der Waals surface area contributed by atoms with Crippen LogP contribution in [0, 0.1) is 0 Å². The summed E-state index contributed by atoms with van der Waals surface area (Å²) in [6, 6.07) is 7.55. The molecule has 0 aliphatic carbocycles. The minimum absolute atomic E-state index is 0.00917. The third-order valence-electron chi connectivity index (χ3n) is 3.56. The Hall–Kier alpha value is -2.10. The first-order chi connectivity index (χ1) is 10.1. The van der Waals surface area contributed by atoms with Crippen molar-refractivity contribution >= 4 is 22.7 Å². The van der Waals surface area contributed by atoms with E-state index < -0.39 is 0 Å². The number of benzene rings is 1. The first-order valence-corrected chi connectivity index (χ1v) is 7.50. The van der Waals surface area contributed by atoms with Gasteiger partial charge in [-0.3, -0.25) is 14.2 Å². The third-order valence-corrected chi connectivity index (χ3v) is 3.56. The fraction of sp³-hybridized carbons (Fsp3) is 0.412. The quantitative estimate of drug-likeness (QED) is 0.843. The highest BCUT2D eigenvalue weighted by molar-refractivity contribution is 6.09. The van der Waals surface area contributed by atoms with E-state index in [9.17, 15) is 9.59 Å². The molecule has 0 unspecified atom stereocenters. The van der Waals surface area contributed by atoms with Gasteiger partial charge in [-0.25, -0.2) is 0 Å². The molecule has 0 fully saturated rings. The van der Waals surface area contributed by atoms with E-state index in [1.165, 1.54) is 6.92 Å². The lowest BCUT2D eigenvalue weighted by Gasteiger charge is -2.21. The first kappa shape index (κ1) is 15.3. The van der Waals surface area contributed by atoms with Gasteiger partial charge in [-0.1, -0.05) is 32.0 Å². The Morgan fingerprint density at radius 2 is 1.71 bits per heavy atom. The number of para-hydroxylation sites is 1. The lowest BCUT2D eigenvalue weighted by Crippen LogP contribution is -2.32. The van der Waals surface area contributed by atoms with E-state index in [1.54, 1.807) is 10.8 Å². The molecule has 1 aromatic heterocycles. The normalized spacial score (nSPS) is 10.8. The number of nitrogens with zero attached hydrogens (tertiary/aromatic N) is 2. The highest BCUT2D eigenvalue weighted by Crippen LogP contribution is 2.23. The highest BCUT2D eigenvalue weighted by Gasteiger charge is 2.20. The van der Waals surface area contributed by atoms with Gasteiger partial charge >= 0.3 is 0 Å². The molecule has 0 aliphatic heterocycles. The van der Waals surface area contributed by atoms with Gasteiger partial charge in [-0.2, -0.15) is 0 Å². The molecule has 0 bridgehead atoms. The largest absolute Gasteiger partial charge is 0.339 e. The summed E-state index contributed by atoms with van der Waals surface area (Å²) in [4.78, 5) is 26.4. The van der Waals surface area contributed by atoms with Gasteiger partial charge in [0.05, 0.1) is 11.1 Å². The summed E-state index contributed by atoms with van der Waals surface area (Å²) < 4.78 is 1.55. The molecular formula is C17H22N2O2. The zero-order valence-corrected chi connectivity index (χ0v) is 12.9. The molecule has 1 amide bonds. The molecule has 1 heterocycles. The van der Waals surface area contributed by atoms with E-state index >= 15 is 0 Å². The number of carbonyl (C=O) groups excluding carboxylic acids is 2. The van der Waals surface area contributed by atoms with Gasteiger partial charge in [0.15, 0.2) is 0 Å². The number of hydrogen-bond donors (Lipinski definition) is 0. The highest BCUT2D eigenvalue weighted by atomic mass is 16.2. The lowest BCUT2D eigenvalue weighted by molar-refractivity contribution is 0.0757. The van der Waals surface area contributed by atoms with E-state index in [2.05, 4.69) is 13.8 Å². The van der Waals surface area contributed by atoms with Crippen LogP contribution in [-0.4, -0.2) is 34.4 Å². The van der Waals surface area contributed by atoms with Crippen LogP contribution in [-0.2, 0) is 0 Å². The van der Waals surface area contributed by atoms with Crippen LogP contribution in [0.4, 0.5) is 0 Å². The number of fused-ring (bicyclic) bond motifs is 1. The van der Waals surface area contributed by atoms with Gasteiger partial charge in [-0.15, -0.1) is 0 Å². The van der Waals surface area contributed by atoms with Crippen LogP contribution in [0.15, 0.2) is 30.5 Å². The summed E-state index contributed by atoms with van der Waals surface area (Å²) >= 11 is 0. The molecule has 21 heavy (non-hydrogen) atoms. The average Bonchev–Trinajstić information content (AvgIpc) is 2.86. The minimum Gasteiger partial charge on any atom is -0.339 e. The number of rotatable bonds is 5. The van der Waals surface area contributed by atoms with E-state index in [0.717, 1.165) is 36.8 Å². The maximum atomic E-state index is 12.8. The lowest BCUT2D eigenvalue weighted by atomic mass is 10.1. The molecular weight excluding hydrogens is 264 g/mol. The van der Waals surface area contributed by atoms with Crippen LogP contribution < -0.4 is 0 Å². The molecule has 0 saturated heterocycles. The summed E-state index contributed by atoms with van der Waals surface area (Å²) in [7, 11) is 0. The second-order valence-corrected chi connectivity index (χ2v) is 5.24. The van der Waals surface area contributed by atoms with E-state index in [0.29, 0.717) is 5.56 Å². The van der Waals surface area contributed by atoms with Crippen molar-refractivity contribution in [3.8, 4) is 0 Å². The molecule has 1 aromatic carbocycles. The summed E-state index contributed by atoms with van der Waals surface area (Å²) in [5, 5.41) is 0.843. The Morgan fingerprint density at radius 1 is 1.10 bits per heavy atom. The molecule has 4 nitrogen and oxygen atoms in total. The fourth-order valence-electron chi connectivity index (χ4n) is 2.64. The summed E-state index contributed by atoms with van der Waals surface area (Å²) in [6.07, 6.45) is 3.53. The van der Waals surface area contributed by atoms with E-state index in [-0.39, 0.29) is 11.8 Å². The second-order valence-electron chi connectivity index (χ2n) is 5.24. The van der Waals surface area contributed by atoms with Crippen LogP contribution in [0.1, 0.15) is 48.8 Å². The van der Waals surface area contributed by atoms with Crippen molar-refractivity contribution in [2.75, 3.05) is 13.1 Å². The van der Waals surface area contributed by atoms with Crippen molar-refractivity contribution in [2.45, 2.75) is 33.6 Å². The Morgan fingerprint density at radius 3 is 2.29 bits per heavy atom. The monoisotopic (exact) mass is 286 g/mol. The number of carbonyl (C=O) groups is 2. The molecule has 0 radical (unpaired) electrons. The molecule has 4 heteroatoms. The average molecular weight is 286 g/mol. The Kier molecular flexibility index (Phi) is 4.78. The van der Waals surface area contributed by atoms with Crippen molar-refractivity contribution in [2.24, 2.45) is 0 Å². The van der Waals surface area contributed by atoms with Gasteiger partial charge in [0.1, 0.15) is 0 Å². The molecule has 2 rings (SSSR count). The predicted molar refractivity (Wildman–Crippen MR) is 84.7 cm³/mol.